The molecule has 1 aromatic rings. The zero-order chi connectivity index (χ0) is 14.0. The molecule has 0 bridgehead atoms. The van der Waals surface area contributed by atoms with E-state index in [1.165, 1.54) is 4.90 Å². The quantitative estimate of drug-likeness (QED) is 0.899. The van der Waals surface area contributed by atoms with Gasteiger partial charge in [0, 0.05) is 13.1 Å². The Hall–Kier alpha value is -2.04. The van der Waals surface area contributed by atoms with Crippen molar-refractivity contribution in [1.82, 2.24) is 5.32 Å². The Labute approximate surface area is 112 Å². The van der Waals surface area contributed by atoms with Gasteiger partial charge in [-0.15, -0.1) is 0 Å². The highest BCUT2D eigenvalue weighted by molar-refractivity contribution is 6.04. The molecule has 1 atom stereocenters. The lowest BCUT2D eigenvalue weighted by atomic mass is 10.1. The van der Waals surface area contributed by atoms with Crippen LogP contribution in [-0.2, 0) is 4.79 Å². The van der Waals surface area contributed by atoms with Crippen molar-refractivity contribution in [3.63, 3.8) is 0 Å². The molecule has 0 fully saturated rings. The minimum absolute atomic E-state index is 0.0306. The summed E-state index contributed by atoms with van der Waals surface area (Å²) < 4.78 is 5.42. The zero-order valence-electron chi connectivity index (χ0n) is 11.4. The molecule has 5 heteroatoms. The lowest BCUT2D eigenvalue weighted by Crippen LogP contribution is -2.37. The zero-order valence-corrected chi connectivity index (χ0v) is 11.4. The molecule has 1 aromatic carbocycles. The number of fused-ring (bicyclic) bond motifs is 1. The highest BCUT2D eigenvalue weighted by atomic mass is 16.5. The van der Waals surface area contributed by atoms with Crippen LogP contribution in [-0.4, -0.2) is 31.5 Å². The van der Waals surface area contributed by atoms with Crippen molar-refractivity contribution in [2.75, 3.05) is 18.6 Å². The Kier molecular flexibility index (Phi) is 3.74. The van der Waals surface area contributed by atoms with E-state index >= 15 is 0 Å². The molecule has 1 aliphatic heterocycles. The van der Waals surface area contributed by atoms with Crippen LogP contribution in [0.15, 0.2) is 18.2 Å². The third-order valence-electron chi connectivity index (χ3n) is 3.30. The number of nitrogens with one attached hydrogen (secondary N) is 1. The highest BCUT2D eigenvalue weighted by Crippen LogP contribution is 2.34. The van der Waals surface area contributed by atoms with Crippen LogP contribution in [0.2, 0.25) is 0 Å². The first-order chi connectivity index (χ1) is 9.04. The Bertz CT molecular complexity index is 513. The molecule has 102 valence electrons. The fourth-order valence-corrected chi connectivity index (χ4v) is 1.89. The topological polar surface area (TPSA) is 58.6 Å². The highest BCUT2D eigenvalue weighted by Gasteiger charge is 2.26. The van der Waals surface area contributed by atoms with Crippen molar-refractivity contribution in [3.05, 3.63) is 23.8 Å². The molecule has 0 aromatic heterocycles. The van der Waals surface area contributed by atoms with Crippen molar-refractivity contribution in [2.24, 2.45) is 0 Å². The molecule has 0 saturated carbocycles. The van der Waals surface area contributed by atoms with Crippen LogP contribution in [0.3, 0.4) is 0 Å². The van der Waals surface area contributed by atoms with Gasteiger partial charge in [-0.25, -0.2) is 0 Å². The van der Waals surface area contributed by atoms with Gasteiger partial charge in [0.05, 0.1) is 11.3 Å². The third-order valence-corrected chi connectivity index (χ3v) is 3.30. The number of carbonyl (C=O) groups excluding carboxylic acids is 2. The van der Waals surface area contributed by atoms with Crippen molar-refractivity contribution in [3.8, 4) is 5.75 Å². The average Bonchev–Trinajstić information content (AvgIpc) is 2.42. The Morgan fingerprint density at radius 2 is 2.26 bits per heavy atom. The van der Waals surface area contributed by atoms with Crippen LogP contribution >= 0.6 is 0 Å². The summed E-state index contributed by atoms with van der Waals surface area (Å²) in [6.45, 7) is 3.93. The number of ether oxygens (including phenoxy) is 1. The van der Waals surface area contributed by atoms with E-state index in [1.54, 1.807) is 25.2 Å². The fraction of sp³-hybridized carbons (Fsp3) is 0.429. The van der Waals surface area contributed by atoms with Gasteiger partial charge in [-0.3, -0.25) is 9.59 Å². The minimum Gasteiger partial charge on any atom is -0.481 e. The van der Waals surface area contributed by atoms with Crippen molar-refractivity contribution >= 4 is 17.5 Å². The van der Waals surface area contributed by atoms with Gasteiger partial charge in [-0.2, -0.15) is 0 Å². The lowest BCUT2D eigenvalue weighted by molar-refractivity contribution is -0.121. The van der Waals surface area contributed by atoms with Crippen LogP contribution in [0, 0.1) is 0 Å². The molecule has 2 rings (SSSR count). The van der Waals surface area contributed by atoms with Crippen molar-refractivity contribution < 1.29 is 14.3 Å². The van der Waals surface area contributed by atoms with Gasteiger partial charge in [0.1, 0.15) is 0 Å². The number of amides is 2. The van der Waals surface area contributed by atoms with Gasteiger partial charge in [-0.1, -0.05) is 13.0 Å². The van der Waals surface area contributed by atoms with Crippen molar-refractivity contribution in [1.29, 1.82) is 0 Å². The van der Waals surface area contributed by atoms with Gasteiger partial charge in [0.15, 0.2) is 12.4 Å². The molecular formula is C14H18N2O3. The van der Waals surface area contributed by atoms with E-state index in [9.17, 15) is 9.59 Å². The second kappa shape index (κ2) is 5.30. The second-order valence-corrected chi connectivity index (χ2v) is 4.68. The molecule has 5 nitrogen and oxygen atoms in total. The molecule has 1 N–H and O–H groups in total. The average molecular weight is 262 g/mol. The molecule has 1 unspecified atom stereocenters. The summed E-state index contributed by atoms with van der Waals surface area (Å²) in [6.07, 6.45) is 0.861. The van der Waals surface area contributed by atoms with Crippen LogP contribution in [0.25, 0.3) is 0 Å². The standard InChI is InChI=1S/C14H18N2O3/c1-4-9(2)15-14(18)10-6-5-7-11-13(10)19-8-12(17)16(11)3/h5-7,9H,4,8H2,1-3H3,(H,15,18). The summed E-state index contributed by atoms with van der Waals surface area (Å²) in [7, 11) is 1.68. The SMILES string of the molecule is CCC(C)NC(=O)c1cccc2c1OCC(=O)N2C. The lowest BCUT2D eigenvalue weighted by Gasteiger charge is -2.27. The minimum atomic E-state index is -0.172. The number of hydrogen-bond acceptors (Lipinski definition) is 3. The summed E-state index contributed by atoms with van der Waals surface area (Å²) in [5, 5.41) is 2.90. The van der Waals surface area contributed by atoms with Gasteiger partial charge in [-0.05, 0) is 25.5 Å². The first kappa shape index (κ1) is 13.4. The summed E-state index contributed by atoms with van der Waals surface area (Å²) in [4.78, 5) is 25.3. The monoisotopic (exact) mass is 262 g/mol. The van der Waals surface area contributed by atoms with E-state index in [2.05, 4.69) is 5.32 Å². The smallest absolute Gasteiger partial charge is 0.264 e. The first-order valence-electron chi connectivity index (χ1n) is 6.37. The van der Waals surface area contributed by atoms with Gasteiger partial charge in [0.25, 0.3) is 11.8 Å². The maximum absolute atomic E-state index is 12.2. The molecule has 0 aliphatic carbocycles. The van der Waals surface area contributed by atoms with E-state index < -0.39 is 0 Å². The summed E-state index contributed by atoms with van der Waals surface area (Å²) in [5.74, 6) is 0.186. The second-order valence-electron chi connectivity index (χ2n) is 4.68. The molecule has 1 aliphatic rings. The van der Waals surface area contributed by atoms with E-state index in [0.717, 1.165) is 6.42 Å². The number of rotatable bonds is 3. The maximum Gasteiger partial charge on any atom is 0.264 e. The Morgan fingerprint density at radius 3 is 2.95 bits per heavy atom. The molecule has 0 radical (unpaired) electrons. The predicted octanol–water partition coefficient (Wildman–Crippen LogP) is 1.57. The third kappa shape index (κ3) is 2.54. The summed E-state index contributed by atoms with van der Waals surface area (Å²) in [6, 6.07) is 5.33. The normalized spacial score (nSPS) is 15.5. The van der Waals surface area contributed by atoms with Gasteiger partial charge in [0.2, 0.25) is 0 Å². The molecule has 0 saturated heterocycles. The largest absolute Gasteiger partial charge is 0.481 e. The molecule has 0 spiro atoms. The van der Waals surface area contributed by atoms with Gasteiger partial charge >= 0.3 is 0 Å². The first-order valence-corrected chi connectivity index (χ1v) is 6.37. The number of carbonyl (C=O) groups is 2. The molecule has 2 amide bonds. The number of hydrogen-bond donors (Lipinski definition) is 1. The maximum atomic E-state index is 12.2. The Balaban J connectivity index is 2.33. The fourth-order valence-electron chi connectivity index (χ4n) is 1.89. The number of likely N-dealkylation sites (N-methyl/N-ethyl adjacent to an activating group) is 1. The van der Waals surface area contributed by atoms with Gasteiger partial charge < -0.3 is 15.0 Å². The number of anilines is 1. The number of nitrogens with zero attached hydrogens (tertiary/aromatic N) is 1. The summed E-state index contributed by atoms with van der Waals surface area (Å²) >= 11 is 0. The number of benzene rings is 1. The molecule has 1 heterocycles. The van der Waals surface area contributed by atoms with Crippen LogP contribution in [0.5, 0.6) is 5.75 Å². The van der Waals surface area contributed by atoms with E-state index in [-0.39, 0.29) is 24.5 Å². The van der Waals surface area contributed by atoms with E-state index in [1.807, 2.05) is 13.8 Å². The predicted molar refractivity (Wildman–Crippen MR) is 72.6 cm³/mol. The van der Waals surface area contributed by atoms with Crippen LogP contribution in [0.1, 0.15) is 30.6 Å². The molecule has 19 heavy (non-hydrogen) atoms. The molecular weight excluding hydrogens is 244 g/mol. The van der Waals surface area contributed by atoms with Crippen LogP contribution < -0.4 is 15.0 Å². The Morgan fingerprint density at radius 1 is 1.53 bits per heavy atom. The van der Waals surface area contributed by atoms with Crippen LogP contribution in [0.4, 0.5) is 5.69 Å². The summed E-state index contributed by atoms with van der Waals surface area (Å²) in [5.41, 5.74) is 1.10. The van der Waals surface area contributed by atoms with E-state index in [4.69, 9.17) is 4.74 Å². The number of para-hydroxylation sites is 1. The van der Waals surface area contributed by atoms with Crippen molar-refractivity contribution in [2.45, 2.75) is 26.3 Å². The van der Waals surface area contributed by atoms with E-state index in [0.29, 0.717) is 17.0 Å².